The molecular weight excluding hydrogens is 230 g/mol. The summed E-state index contributed by atoms with van der Waals surface area (Å²) in [5.41, 5.74) is 0. The molecule has 0 saturated carbocycles. The number of nitrogens with one attached hydrogen (secondary N) is 1. The number of hydrogen-bond acceptors (Lipinski definition) is 3. The molecule has 86 valence electrons. The molecule has 0 aliphatic carbocycles. The van der Waals surface area contributed by atoms with Crippen LogP contribution in [-0.2, 0) is 7.05 Å². The smallest absolute Gasteiger partial charge is 0.167 e. The van der Waals surface area contributed by atoms with Crippen LogP contribution in [0.15, 0.2) is 17.6 Å². The van der Waals surface area contributed by atoms with Crippen molar-refractivity contribution >= 4 is 24.2 Å². The summed E-state index contributed by atoms with van der Waals surface area (Å²) in [4.78, 5) is 4.31. The second kappa shape index (κ2) is 6.40. The van der Waals surface area contributed by atoms with Crippen LogP contribution in [-0.4, -0.2) is 28.4 Å². The molecule has 0 unspecified atom stereocenters. The first kappa shape index (κ1) is 12.9. The fraction of sp³-hybridized carbons (Fsp3) is 0.700. The summed E-state index contributed by atoms with van der Waals surface area (Å²) in [6.45, 7) is 2.37. The highest BCUT2D eigenvalue weighted by molar-refractivity contribution is 7.99. The maximum atomic E-state index is 4.31. The van der Waals surface area contributed by atoms with Crippen molar-refractivity contribution in [2.75, 3.05) is 18.8 Å². The number of imidazole rings is 1. The van der Waals surface area contributed by atoms with Crippen LogP contribution in [0.25, 0.3) is 0 Å². The van der Waals surface area contributed by atoms with Gasteiger partial charge in [0.25, 0.3) is 0 Å². The summed E-state index contributed by atoms with van der Waals surface area (Å²) < 4.78 is 2.09. The lowest BCUT2D eigenvalue weighted by molar-refractivity contribution is 0.407. The molecule has 0 spiro atoms. The minimum absolute atomic E-state index is 0. The topological polar surface area (TPSA) is 29.9 Å². The van der Waals surface area contributed by atoms with Gasteiger partial charge in [0.15, 0.2) is 5.16 Å². The van der Waals surface area contributed by atoms with E-state index in [9.17, 15) is 0 Å². The zero-order valence-electron chi connectivity index (χ0n) is 8.98. The second-order valence-corrected chi connectivity index (χ2v) is 4.81. The Hall–Kier alpha value is -0.190. The van der Waals surface area contributed by atoms with E-state index in [-0.39, 0.29) is 12.4 Å². The van der Waals surface area contributed by atoms with E-state index in [1.165, 1.54) is 31.7 Å². The normalized spacial score (nSPS) is 17.4. The lowest BCUT2D eigenvalue weighted by Crippen LogP contribution is -2.28. The fourth-order valence-corrected chi connectivity index (χ4v) is 2.85. The van der Waals surface area contributed by atoms with Gasteiger partial charge in [-0.05, 0) is 31.8 Å². The molecule has 1 aromatic heterocycles. The van der Waals surface area contributed by atoms with Crippen molar-refractivity contribution in [2.45, 2.75) is 18.0 Å². The number of piperidine rings is 1. The Morgan fingerprint density at radius 1 is 1.53 bits per heavy atom. The van der Waals surface area contributed by atoms with Crippen molar-refractivity contribution in [3.05, 3.63) is 12.4 Å². The minimum Gasteiger partial charge on any atom is -0.329 e. The molecule has 0 bridgehead atoms. The monoisotopic (exact) mass is 247 g/mol. The largest absolute Gasteiger partial charge is 0.329 e. The third-order valence-corrected chi connectivity index (χ3v) is 3.97. The molecule has 1 fully saturated rings. The van der Waals surface area contributed by atoms with Gasteiger partial charge in [-0.2, -0.15) is 0 Å². The third-order valence-electron chi connectivity index (χ3n) is 2.68. The van der Waals surface area contributed by atoms with Gasteiger partial charge in [-0.25, -0.2) is 4.98 Å². The molecule has 1 N–H and O–H groups in total. The molecule has 3 nitrogen and oxygen atoms in total. The van der Waals surface area contributed by atoms with Crippen molar-refractivity contribution in [3.63, 3.8) is 0 Å². The summed E-state index contributed by atoms with van der Waals surface area (Å²) in [5.74, 6) is 2.09. The lowest BCUT2D eigenvalue weighted by Gasteiger charge is -2.21. The van der Waals surface area contributed by atoms with Crippen LogP contribution in [0.5, 0.6) is 0 Å². The summed E-state index contributed by atoms with van der Waals surface area (Å²) in [6.07, 6.45) is 6.50. The summed E-state index contributed by atoms with van der Waals surface area (Å²) >= 11 is 1.88. The Bertz CT molecular complexity index is 284. The highest BCUT2D eigenvalue weighted by Gasteiger charge is 2.13. The van der Waals surface area contributed by atoms with E-state index in [0.717, 1.165) is 11.1 Å². The lowest BCUT2D eigenvalue weighted by atomic mass is 10.0. The fourth-order valence-electron chi connectivity index (χ4n) is 1.73. The quantitative estimate of drug-likeness (QED) is 0.828. The van der Waals surface area contributed by atoms with Crippen LogP contribution >= 0.6 is 24.2 Å². The van der Waals surface area contributed by atoms with E-state index in [1.807, 2.05) is 24.2 Å². The number of aryl methyl sites for hydroxylation is 1. The predicted octanol–water partition coefficient (Wildman–Crippen LogP) is 1.93. The van der Waals surface area contributed by atoms with Crippen LogP contribution < -0.4 is 5.32 Å². The average molecular weight is 248 g/mol. The van der Waals surface area contributed by atoms with E-state index in [2.05, 4.69) is 21.9 Å². The molecule has 1 aliphatic rings. The van der Waals surface area contributed by atoms with Gasteiger partial charge in [-0.15, -0.1) is 12.4 Å². The summed E-state index contributed by atoms with van der Waals surface area (Å²) in [5, 5.41) is 4.53. The van der Waals surface area contributed by atoms with E-state index < -0.39 is 0 Å². The van der Waals surface area contributed by atoms with Crippen molar-refractivity contribution < 1.29 is 0 Å². The Morgan fingerprint density at radius 2 is 2.27 bits per heavy atom. The minimum atomic E-state index is 0. The van der Waals surface area contributed by atoms with Gasteiger partial charge in [-0.3, -0.25) is 0 Å². The van der Waals surface area contributed by atoms with E-state index in [4.69, 9.17) is 0 Å². The Kier molecular flexibility index (Phi) is 5.50. The Labute approximate surface area is 101 Å². The second-order valence-electron chi connectivity index (χ2n) is 3.83. The third kappa shape index (κ3) is 3.70. The standard InChI is InChI=1S/C10H17N3S.ClH/c1-13-7-6-12-10(13)14-8-9-2-4-11-5-3-9;/h6-7,9,11H,2-5,8H2,1H3;1H. The number of thioether (sulfide) groups is 1. The molecule has 0 amide bonds. The van der Waals surface area contributed by atoms with Gasteiger partial charge < -0.3 is 9.88 Å². The van der Waals surface area contributed by atoms with E-state index >= 15 is 0 Å². The zero-order chi connectivity index (χ0) is 9.80. The highest BCUT2D eigenvalue weighted by atomic mass is 35.5. The highest BCUT2D eigenvalue weighted by Crippen LogP contribution is 2.22. The first-order chi connectivity index (χ1) is 6.86. The SMILES string of the molecule is Cl.Cn1ccnc1SCC1CCNCC1. The van der Waals surface area contributed by atoms with Gasteiger partial charge in [0.2, 0.25) is 0 Å². The number of hydrogen-bond donors (Lipinski definition) is 1. The molecule has 0 aromatic carbocycles. The molecule has 1 saturated heterocycles. The van der Waals surface area contributed by atoms with Crippen molar-refractivity contribution in [2.24, 2.45) is 13.0 Å². The van der Waals surface area contributed by atoms with Gasteiger partial charge >= 0.3 is 0 Å². The Morgan fingerprint density at radius 3 is 2.87 bits per heavy atom. The number of halogens is 1. The zero-order valence-corrected chi connectivity index (χ0v) is 10.6. The van der Waals surface area contributed by atoms with Gasteiger partial charge in [-0.1, -0.05) is 11.8 Å². The molecule has 0 radical (unpaired) electrons. The number of aromatic nitrogens is 2. The number of rotatable bonds is 3. The Balaban J connectivity index is 0.00000112. The molecule has 1 aliphatic heterocycles. The molecule has 5 heteroatoms. The molecular formula is C10H18ClN3S. The van der Waals surface area contributed by atoms with Gasteiger partial charge in [0.1, 0.15) is 0 Å². The van der Waals surface area contributed by atoms with Crippen LogP contribution in [0, 0.1) is 5.92 Å². The maximum Gasteiger partial charge on any atom is 0.167 e. The van der Waals surface area contributed by atoms with Gasteiger partial charge in [0, 0.05) is 25.2 Å². The molecule has 2 rings (SSSR count). The van der Waals surface area contributed by atoms with Crippen LogP contribution in [0.2, 0.25) is 0 Å². The summed E-state index contributed by atoms with van der Waals surface area (Å²) in [6, 6.07) is 0. The van der Waals surface area contributed by atoms with Crippen LogP contribution in [0.1, 0.15) is 12.8 Å². The van der Waals surface area contributed by atoms with Crippen LogP contribution in [0.4, 0.5) is 0 Å². The predicted molar refractivity (Wildman–Crippen MR) is 66.8 cm³/mol. The molecule has 2 heterocycles. The van der Waals surface area contributed by atoms with Crippen molar-refractivity contribution in [3.8, 4) is 0 Å². The van der Waals surface area contributed by atoms with Crippen molar-refractivity contribution in [1.82, 2.24) is 14.9 Å². The van der Waals surface area contributed by atoms with Crippen molar-refractivity contribution in [1.29, 1.82) is 0 Å². The maximum absolute atomic E-state index is 4.31. The molecule has 15 heavy (non-hydrogen) atoms. The average Bonchev–Trinajstić information content (AvgIpc) is 2.63. The van der Waals surface area contributed by atoms with E-state index in [1.54, 1.807) is 0 Å². The first-order valence-corrected chi connectivity index (χ1v) is 6.15. The van der Waals surface area contributed by atoms with Crippen LogP contribution in [0.3, 0.4) is 0 Å². The van der Waals surface area contributed by atoms with Gasteiger partial charge in [0.05, 0.1) is 0 Å². The first-order valence-electron chi connectivity index (χ1n) is 5.17. The molecule has 0 atom stereocenters. The number of nitrogens with zero attached hydrogens (tertiary/aromatic N) is 2. The van der Waals surface area contributed by atoms with E-state index in [0.29, 0.717) is 0 Å². The molecule has 1 aromatic rings. The summed E-state index contributed by atoms with van der Waals surface area (Å²) in [7, 11) is 2.05.